The SMILES string of the molecule is CCC(/C=C(\N)c1ccc(C)c(F)c1)=NCC(=O)N1Cc2nc(C)sc2C1. The fourth-order valence-electron chi connectivity index (χ4n) is 2.91. The van der Waals surface area contributed by atoms with Crippen molar-refractivity contribution in [2.24, 2.45) is 10.7 Å². The number of nitrogens with two attached hydrogens (primary N) is 1. The third kappa shape index (κ3) is 4.42. The van der Waals surface area contributed by atoms with Gasteiger partial charge in [-0.15, -0.1) is 11.3 Å². The average Bonchev–Trinajstić information content (AvgIpc) is 3.17. The van der Waals surface area contributed by atoms with Crippen LogP contribution in [-0.4, -0.2) is 28.0 Å². The van der Waals surface area contributed by atoms with Crippen molar-refractivity contribution in [3.8, 4) is 0 Å². The van der Waals surface area contributed by atoms with Gasteiger partial charge < -0.3 is 10.6 Å². The molecule has 1 aromatic heterocycles. The second-order valence-corrected chi connectivity index (χ2v) is 7.87. The molecule has 7 heteroatoms. The smallest absolute Gasteiger partial charge is 0.244 e. The monoisotopic (exact) mass is 386 g/mol. The van der Waals surface area contributed by atoms with Gasteiger partial charge in [0, 0.05) is 21.8 Å². The first-order valence-electron chi connectivity index (χ1n) is 8.87. The molecule has 27 heavy (non-hydrogen) atoms. The van der Waals surface area contributed by atoms with E-state index in [-0.39, 0.29) is 18.3 Å². The molecule has 0 bridgehead atoms. The molecular formula is C20H23FN4OS. The van der Waals surface area contributed by atoms with Gasteiger partial charge in [-0.2, -0.15) is 0 Å². The molecule has 0 aliphatic carbocycles. The molecule has 1 aliphatic heterocycles. The number of fused-ring (bicyclic) bond motifs is 1. The van der Waals surface area contributed by atoms with Crippen LogP contribution in [0.5, 0.6) is 0 Å². The Morgan fingerprint density at radius 3 is 2.85 bits per heavy atom. The number of hydrogen-bond donors (Lipinski definition) is 1. The molecule has 2 heterocycles. The van der Waals surface area contributed by atoms with E-state index in [1.807, 2.05) is 13.8 Å². The van der Waals surface area contributed by atoms with E-state index >= 15 is 0 Å². The summed E-state index contributed by atoms with van der Waals surface area (Å²) < 4.78 is 13.7. The Labute approximate surface area is 162 Å². The quantitative estimate of drug-likeness (QED) is 0.798. The lowest BCUT2D eigenvalue weighted by Crippen LogP contribution is -2.28. The lowest BCUT2D eigenvalue weighted by molar-refractivity contribution is -0.130. The number of rotatable bonds is 5. The number of halogens is 1. The zero-order valence-electron chi connectivity index (χ0n) is 15.8. The zero-order chi connectivity index (χ0) is 19.6. The number of aromatic nitrogens is 1. The second kappa shape index (κ2) is 8.00. The van der Waals surface area contributed by atoms with Crippen LogP contribution in [0.1, 0.15) is 40.1 Å². The third-order valence-corrected chi connectivity index (χ3v) is 5.52. The number of allylic oxidation sites excluding steroid dienone is 1. The zero-order valence-corrected chi connectivity index (χ0v) is 16.6. The topological polar surface area (TPSA) is 71.6 Å². The number of aryl methyl sites for hydroxylation is 2. The van der Waals surface area contributed by atoms with Crippen LogP contribution in [0, 0.1) is 19.7 Å². The predicted octanol–water partition coefficient (Wildman–Crippen LogP) is 3.59. The van der Waals surface area contributed by atoms with E-state index in [9.17, 15) is 9.18 Å². The minimum atomic E-state index is -0.292. The van der Waals surface area contributed by atoms with Crippen LogP contribution in [0.4, 0.5) is 4.39 Å². The maximum atomic E-state index is 13.7. The van der Waals surface area contributed by atoms with Gasteiger partial charge in [-0.1, -0.05) is 19.1 Å². The number of amides is 1. The molecule has 5 nitrogen and oxygen atoms in total. The standard InChI is InChI=1S/C20H23FN4OS/c1-4-15(8-17(22)14-6-5-12(2)16(21)7-14)23-9-20(26)25-10-18-19(11-25)27-13(3)24-18/h5-8H,4,9-11,22H2,1-3H3/b17-8-,23-15?. The van der Waals surface area contributed by atoms with Crippen molar-refractivity contribution in [1.29, 1.82) is 0 Å². The number of nitrogens with zero attached hydrogens (tertiary/aromatic N) is 3. The van der Waals surface area contributed by atoms with E-state index in [2.05, 4.69) is 9.98 Å². The Morgan fingerprint density at radius 2 is 2.19 bits per heavy atom. The van der Waals surface area contributed by atoms with Gasteiger partial charge in [0.15, 0.2) is 0 Å². The van der Waals surface area contributed by atoms with E-state index in [1.54, 1.807) is 41.4 Å². The van der Waals surface area contributed by atoms with Crippen LogP contribution < -0.4 is 5.73 Å². The number of thiazole rings is 1. The predicted molar refractivity (Wildman–Crippen MR) is 107 cm³/mol. The van der Waals surface area contributed by atoms with Crippen molar-refractivity contribution in [3.63, 3.8) is 0 Å². The Balaban J connectivity index is 1.66. The maximum absolute atomic E-state index is 13.7. The van der Waals surface area contributed by atoms with Crippen LogP contribution in [0.3, 0.4) is 0 Å². The summed E-state index contributed by atoms with van der Waals surface area (Å²) in [7, 11) is 0. The molecule has 1 amide bonds. The minimum absolute atomic E-state index is 0.0304. The molecule has 0 radical (unpaired) electrons. The highest BCUT2D eigenvalue weighted by molar-refractivity contribution is 7.11. The highest BCUT2D eigenvalue weighted by Crippen LogP contribution is 2.27. The summed E-state index contributed by atoms with van der Waals surface area (Å²) in [6.45, 7) is 6.86. The molecule has 2 N–H and O–H groups in total. The maximum Gasteiger partial charge on any atom is 0.244 e. The number of aliphatic imine (C=N–C) groups is 1. The van der Waals surface area contributed by atoms with Crippen molar-refractivity contribution in [2.45, 2.75) is 40.3 Å². The number of carbonyl (C=O) groups excluding carboxylic acids is 1. The van der Waals surface area contributed by atoms with Crippen LogP contribution in [0.15, 0.2) is 29.3 Å². The normalized spacial score (nSPS) is 14.6. The first-order valence-corrected chi connectivity index (χ1v) is 9.69. The van der Waals surface area contributed by atoms with E-state index in [1.165, 1.54) is 6.07 Å². The van der Waals surface area contributed by atoms with Crippen LogP contribution in [0.25, 0.3) is 5.70 Å². The first kappa shape index (κ1) is 19.2. The molecule has 1 aromatic carbocycles. The Kier molecular flexibility index (Phi) is 5.70. The molecule has 3 rings (SSSR count). The van der Waals surface area contributed by atoms with Gasteiger partial charge in [-0.05, 0) is 38.0 Å². The van der Waals surface area contributed by atoms with Crippen LogP contribution >= 0.6 is 11.3 Å². The summed E-state index contributed by atoms with van der Waals surface area (Å²) in [6, 6.07) is 4.89. The third-order valence-electron chi connectivity index (χ3n) is 4.52. The second-order valence-electron chi connectivity index (χ2n) is 6.58. The fraction of sp³-hybridized carbons (Fsp3) is 0.350. The summed E-state index contributed by atoms with van der Waals surface area (Å²) in [5.41, 5.74) is 9.41. The van der Waals surface area contributed by atoms with Gasteiger partial charge in [0.2, 0.25) is 5.91 Å². The van der Waals surface area contributed by atoms with E-state index in [0.717, 1.165) is 15.6 Å². The Hall–Kier alpha value is -2.54. The van der Waals surface area contributed by atoms with Crippen molar-refractivity contribution in [2.75, 3.05) is 6.54 Å². The molecule has 0 unspecified atom stereocenters. The highest BCUT2D eigenvalue weighted by Gasteiger charge is 2.26. The summed E-state index contributed by atoms with van der Waals surface area (Å²) in [6.07, 6.45) is 2.35. The Morgan fingerprint density at radius 1 is 1.41 bits per heavy atom. The lowest BCUT2D eigenvalue weighted by atomic mass is 10.1. The number of benzene rings is 1. The van der Waals surface area contributed by atoms with E-state index < -0.39 is 0 Å². The lowest BCUT2D eigenvalue weighted by Gasteiger charge is -2.14. The molecular weight excluding hydrogens is 363 g/mol. The summed E-state index contributed by atoms with van der Waals surface area (Å²) in [4.78, 5) is 24.2. The van der Waals surface area contributed by atoms with Gasteiger partial charge in [0.05, 0.1) is 23.8 Å². The minimum Gasteiger partial charge on any atom is -0.398 e. The molecule has 0 fully saturated rings. The fourth-order valence-corrected chi connectivity index (χ4v) is 3.87. The van der Waals surface area contributed by atoms with Gasteiger partial charge in [-0.3, -0.25) is 9.79 Å². The molecule has 0 atom stereocenters. The van der Waals surface area contributed by atoms with Gasteiger partial charge in [0.25, 0.3) is 0 Å². The van der Waals surface area contributed by atoms with Crippen LogP contribution in [-0.2, 0) is 17.9 Å². The average molecular weight is 386 g/mol. The van der Waals surface area contributed by atoms with Crippen molar-refractivity contribution >= 4 is 28.7 Å². The van der Waals surface area contributed by atoms with E-state index in [4.69, 9.17) is 5.73 Å². The molecule has 2 aromatic rings. The molecule has 142 valence electrons. The number of hydrogen-bond acceptors (Lipinski definition) is 5. The number of carbonyl (C=O) groups is 1. The van der Waals surface area contributed by atoms with Gasteiger partial charge in [0.1, 0.15) is 12.4 Å². The summed E-state index contributed by atoms with van der Waals surface area (Å²) in [5.74, 6) is -0.323. The highest BCUT2D eigenvalue weighted by atomic mass is 32.1. The molecule has 0 spiro atoms. The van der Waals surface area contributed by atoms with E-state index in [0.29, 0.717) is 42.0 Å². The van der Waals surface area contributed by atoms with Crippen LogP contribution in [0.2, 0.25) is 0 Å². The van der Waals surface area contributed by atoms with Gasteiger partial charge in [-0.25, -0.2) is 9.37 Å². The Bertz CT molecular complexity index is 909. The largest absolute Gasteiger partial charge is 0.398 e. The first-order chi connectivity index (χ1) is 12.9. The molecule has 0 saturated carbocycles. The summed E-state index contributed by atoms with van der Waals surface area (Å²) >= 11 is 1.64. The van der Waals surface area contributed by atoms with Crippen molar-refractivity contribution in [1.82, 2.24) is 9.88 Å². The summed E-state index contributed by atoms with van der Waals surface area (Å²) in [5, 5.41) is 1.03. The molecule has 0 saturated heterocycles. The van der Waals surface area contributed by atoms with Crippen molar-refractivity contribution < 1.29 is 9.18 Å². The molecule has 1 aliphatic rings. The van der Waals surface area contributed by atoms with Gasteiger partial charge >= 0.3 is 0 Å². The van der Waals surface area contributed by atoms with Crippen molar-refractivity contribution in [3.05, 3.63) is 56.8 Å².